The van der Waals surface area contributed by atoms with Crippen molar-refractivity contribution in [3.05, 3.63) is 101 Å². The van der Waals surface area contributed by atoms with Crippen LogP contribution < -0.4 is 10.1 Å². The van der Waals surface area contributed by atoms with Crippen molar-refractivity contribution in [2.24, 2.45) is 0 Å². The van der Waals surface area contributed by atoms with E-state index in [4.69, 9.17) is 4.74 Å². The molecule has 0 radical (unpaired) electrons. The van der Waals surface area contributed by atoms with E-state index in [9.17, 15) is 9.59 Å². The molecule has 0 heterocycles. The lowest BCUT2D eigenvalue weighted by atomic mass is 10.0. The van der Waals surface area contributed by atoms with Crippen molar-refractivity contribution in [1.82, 2.24) is 10.2 Å². The molecule has 2 unspecified atom stereocenters. The van der Waals surface area contributed by atoms with E-state index >= 15 is 0 Å². The van der Waals surface area contributed by atoms with Crippen LogP contribution >= 0.6 is 0 Å². The molecule has 2 atom stereocenters. The Balaban J connectivity index is 1.90. The van der Waals surface area contributed by atoms with E-state index in [0.29, 0.717) is 18.7 Å². The number of aryl methyl sites for hydroxylation is 2. The molecule has 3 aromatic carbocycles. The first-order valence-corrected chi connectivity index (χ1v) is 12.8. The average molecular weight is 487 g/mol. The van der Waals surface area contributed by atoms with Crippen molar-refractivity contribution in [3.8, 4) is 5.75 Å². The first-order valence-electron chi connectivity index (χ1n) is 12.8. The van der Waals surface area contributed by atoms with Crippen LogP contribution in [0.3, 0.4) is 0 Å². The lowest BCUT2D eigenvalue weighted by molar-refractivity contribution is -0.143. The second-order valence-corrected chi connectivity index (χ2v) is 9.26. The molecule has 0 saturated carbocycles. The molecule has 5 heteroatoms. The molecule has 0 aromatic heterocycles. The van der Waals surface area contributed by atoms with Crippen LogP contribution in [0.1, 0.15) is 49.4 Å². The van der Waals surface area contributed by atoms with Crippen LogP contribution in [0.15, 0.2) is 78.9 Å². The van der Waals surface area contributed by atoms with Gasteiger partial charge in [-0.05, 0) is 61.1 Å². The Kier molecular flexibility index (Phi) is 10.1. The average Bonchev–Trinajstić information content (AvgIpc) is 2.91. The third-order valence-corrected chi connectivity index (χ3v) is 6.57. The van der Waals surface area contributed by atoms with Gasteiger partial charge in [-0.25, -0.2) is 0 Å². The summed E-state index contributed by atoms with van der Waals surface area (Å²) < 4.78 is 5.88. The zero-order valence-electron chi connectivity index (χ0n) is 21.9. The first kappa shape index (κ1) is 27.0. The SMILES string of the molecule is CCc1ccc(OCC(=O)N(Cc2ccccc2C)C(Cc2ccccc2)C(=O)NC(C)CC)cc1. The zero-order chi connectivity index (χ0) is 25.9. The predicted octanol–water partition coefficient (Wildman–Crippen LogP) is 5.49. The number of nitrogens with one attached hydrogen (secondary N) is 1. The molecule has 190 valence electrons. The maximum Gasteiger partial charge on any atom is 0.261 e. The molecule has 1 N–H and O–H groups in total. The third kappa shape index (κ3) is 7.70. The number of benzene rings is 3. The molecule has 0 spiro atoms. The zero-order valence-corrected chi connectivity index (χ0v) is 21.9. The molecule has 36 heavy (non-hydrogen) atoms. The molecule has 0 aliphatic carbocycles. The van der Waals surface area contributed by atoms with Crippen LogP contribution in [0.25, 0.3) is 0 Å². The fraction of sp³-hybridized carbons (Fsp3) is 0.355. The van der Waals surface area contributed by atoms with Gasteiger partial charge in [-0.3, -0.25) is 9.59 Å². The van der Waals surface area contributed by atoms with E-state index in [1.54, 1.807) is 4.90 Å². The molecule has 2 amide bonds. The van der Waals surface area contributed by atoms with Gasteiger partial charge in [0.05, 0.1) is 0 Å². The molecule has 0 aliphatic heterocycles. The quantitative estimate of drug-likeness (QED) is 0.368. The van der Waals surface area contributed by atoms with Crippen LogP contribution in [0.5, 0.6) is 5.75 Å². The van der Waals surface area contributed by atoms with Gasteiger partial charge in [0.15, 0.2) is 6.61 Å². The molecule has 3 aromatic rings. The summed E-state index contributed by atoms with van der Waals surface area (Å²) >= 11 is 0. The summed E-state index contributed by atoms with van der Waals surface area (Å²) in [5.41, 5.74) is 4.29. The minimum atomic E-state index is -0.667. The van der Waals surface area contributed by atoms with E-state index in [2.05, 4.69) is 12.2 Å². The number of carbonyl (C=O) groups excluding carboxylic acids is 2. The Bertz CT molecular complexity index is 1110. The van der Waals surface area contributed by atoms with E-state index in [1.165, 1.54) is 5.56 Å². The van der Waals surface area contributed by atoms with Gasteiger partial charge in [0, 0.05) is 19.0 Å². The number of hydrogen-bond donors (Lipinski definition) is 1. The second-order valence-electron chi connectivity index (χ2n) is 9.26. The Morgan fingerprint density at radius 3 is 2.19 bits per heavy atom. The van der Waals surface area contributed by atoms with Crippen LogP contribution in [-0.2, 0) is 29.0 Å². The largest absolute Gasteiger partial charge is 0.484 e. The monoisotopic (exact) mass is 486 g/mol. The molecule has 5 nitrogen and oxygen atoms in total. The summed E-state index contributed by atoms with van der Waals surface area (Å²) in [5.74, 6) is 0.264. The summed E-state index contributed by atoms with van der Waals surface area (Å²) in [7, 11) is 0. The molecule has 0 bridgehead atoms. The van der Waals surface area contributed by atoms with E-state index in [1.807, 2.05) is 99.6 Å². The van der Waals surface area contributed by atoms with Gasteiger partial charge in [-0.1, -0.05) is 80.6 Å². The van der Waals surface area contributed by atoms with E-state index < -0.39 is 6.04 Å². The van der Waals surface area contributed by atoms with Crippen LogP contribution in [0, 0.1) is 6.92 Å². The van der Waals surface area contributed by atoms with Gasteiger partial charge in [-0.15, -0.1) is 0 Å². The van der Waals surface area contributed by atoms with E-state index in [0.717, 1.165) is 29.5 Å². The molecule has 3 rings (SSSR count). The fourth-order valence-corrected chi connectivity index (χ4v) is 4.02. The maximum absolute atomic E-state index is 13.7. The van der Waals surface area contributed by atoms with Gasteiger partial charge in [-0.2, -0.15) is 0 Å². The Morgan fingerprint density at radius 2 is 1.56 bits per heavy atom. The normalized spacial score (nSPS) is 12.4. The molecule has 0 fully saturated rings. The Morgan fingerprint density at radius 1 is 0.889 bits per heavy atom. The number of rotatable bonds is 12. The number of hydrogen-bond acceptors (Lipinski definition) is 3. The lowest BCUT2D eigenvalue weighted by Crippen LogP contribution is -2.53. The lowest BCUT2D eigenvalue weighted by Gasteiger charge is -2.32. The van der Waals surface area contributed by atoms with Crippen LogP contribution in [0.4, 0.5) is 0 Å². The smallest absolute Gasteiger partial charge is 0.261 e. The second kappa shape index (κ2) is 13.5. The third-order valence-electron chi connectivity index (χ3n) is 6.57. The molecule has 0 saturated heterocycles. The van der Waals surface area contributed by atoms with E-state index in [-0.39, 0.29) is 24.5 Å². The number of nitrogens with zero attached hydrogens (tertiary/aromatic N) is 1. The highest BCUT2D eigenvalue weighted by atomic mass is 16.5. The summed E-state index contributed by atoms with van der Waals surface area (Å²) in [6.07, 6.45) is 2.17. The van der Waals surface area contributed by atoms with Crippen LogP contribution in [-0.4, -0.2) is 35.4 Å². The molecular weight excluding hydrogens is 448 g/mol. The first-order chi connectivity index (χ1) is 17.4. The number of carbonyl (C=O) groups is 2. The van der Waals surface area contributed by atoms with Gasteiger partial charge in [0.1, 0.15) is 11.8 Å². The van der Waals surface area contributed by atoms with Gasteiger partial charge in [0.2, 0.25) is 5.91 Å². The van der Waals surface area contributed by atoms with Crippen molar-refractivity contribution < 1.29 is 14.3 Å². The van der Waals surface area contributed by atoms with Crippen molar-refractivity contribution in [2.75, 3.05) is 6.61 Å². The fourth-order valence-electron chi connectivity index (χ4n) is 4.02. The van der Waals surface area contributed by atoms with Gasteiger partial charge < -0.3 is 15.0 Å². The van der Waals surface area contributed by atoms with Crippen molar-refractivity contribution >= 4 is 11.8 Å². The summed E-state index contributed by atoms with van der Waals surface area (Å²) in [4.78, 5) is 28.9. The highest BCUT2D eigenvalue weighted by molar-refractivity contribution is 5.88. The minimum Gasteiger partial charge on any atom is -0.484 e. The van der Waals surface area contributed by atoms with Crippen LogP contribution in [0.2, 0.25) is 0 Å². The van der Waals surface area contributed by atoms with Gasteiger partial charge >= 0.3 is 0 Å². The molecule has 0 aliphatic rings. The van der Waals surface area contributed by atoms with Crippen molar-refractivity contribution in [1.29, 1.82) is 0 Å². The Hall–Kier alpha value is -3.60. The maximum atomic E-state index is 13.7. The number of amides is 2. The topological polar surface area (TPSA) is 58.6 Å². The van der Waals surface area contributed by atoms with Crippen molar-refractivity contribution in [3.63, 3.8) is 0 Å². The van der Waals surface area contributed by atoms with Gasteiger partial charge in [0.25, 0.3) is 5.91 Å². The summed E-state index contributed by atoms with van der Waals surface area (Å²) in [5, 5.41) is 3.10. The number of ether oxygens (including phenoxy) is 1. The summed E-state index contributed by atoms with van der Waals surface area (Å²) in [6, 6.07) is 24.9. The molecular formula is C31H38N2O3. The predicted molar refractivity (Wildman–Crippen MR) is 145 cm³/mol. The summed E-state index contributed by atoms with van der Waals surface area (Å²) in [6.45, 7) is 8.32. The minimum absolute atomic E-state index is 0.0134. The highest BCUT2D eigenvalue weighted by Crippen LogP contribution is 2.19. The Labute approximate surface area is 215 Å². The van der Waals surface area contributed by atoms with Crippen molar-refractivity contribution in [2.45, 2.75) is 65.6 Å². The standard InChI is InChI=1S/C31H38N2O3/c1-5-24(4)32-31(35)29(20-26-13-8-7-9-14-26)33(21-27-15-11-10-12-23(27)3)30(34)22-36-28-18-16-25(6-2)17-19-28/h7-19,24,29H,5-6,20-22H2,1-4H3,(H,32,35). The highest BCUT2D eigenvalue weighted by Gasteiger charge is 2.31.